The van der Waals surface area contributed by atoms with Crippen molar-refractivity contribution in [3.8, 4) is 0 Å². The average molecular weight is 310 g/mol. The Bertz CT molecular complexity index is 447. The van der Waals surface area contributed by atoms with E-state index in [4.69, 9.17) is 4.74 Å². The summed E-state index contributed by atoms with van der Waals surface area (Å²) in [5, 5.41) is 9.62. The van der Waals surface area contributed by atoms with Crippen molar-refractivity contribution < 1.29 is 19.4 Å². The zero-order valence-electron chi connectivity index (χ0n) is 13.3. The van der Waals surface area contributed by atoms with Crippen LogP contribution in [0.25, 0.3) is 0 Å². The molecule has 3 fully saturated rings. The fraction of sp³-hybridized carbons (Fsp3) is 0.875. The number of likely N-dealkylation sites (tertiary alicyclic amines) is 2. The molecule has 2 atom stereocenters. The van der Waals surface area contributed by atoms with Crippen molar-refractivity contribution in [1.29, 1.82) is 0 Å². The number of amides is 1. The van der Waals surface area contributed by atoms with Crippen LogP contribution in [0.15, 0.2) is 0 Å². The molecule has 1 N–H and O–H groups in total. The number of aliphatic carboxylic acids is 1. The van der Waals surface area contributed by atoms with Crippen molar-refractivity contribution in [1.82, 2.24) is 9.80 Å². The number of carbonyl (C=O) groups excluding carboxylic acids is 1. The van der Waals surface area contributed by atoms with Gasteiger partial charge in [-0.05, 0) is 44.2 Å². The second-order valence-corrected chi connectivity index (χ2v) is 7.23. The molecular weight excluding hydrogens is 284 g/mol. The Hall–Kier alpha value is -1.14. The molecule has 0 saturated carbocycles. The number of fused-ring (bicyclic) bond motifs is 1. The Kier molecular flexibility index (Phi) is 4.41. The molecule has 3 rings (SSSR count). The first-order chi connectivity index (χ1) is 10.5. The van der Waals surface area contributed by atoms with E-state index in [1.807, 2.05) is 0 Å². The van der Waals surface area contributed by atoms with E-state index in [-0.39, 0.29) is 18.4 Å². The van der Waals surface area contributed by atoms with E-state index in [1.54, 1.807) is 4.90 Å². The van der Waals surface area contributed by atoms with Crippen LogP contribution in [0.4, 0.5) is 0 Å². The number of carboxylic acids is 1. The normalized spacial score (nSPS) is 33.7. The van der Waals surface area contributed by atoms with Gasteiger partial charge in [-0.25, -0.2) is 0 Å². The van der Waals surface area contributed by atoms with Crippen LogP contribution in [0.1, 0.15) is 26.2 Å². The summed E-state index contributed by atoms with van der Waals surface area (Å²) >= 11 is 0. The predicted octanol–water partition coefficient (Wildman–Crippen LogP) is 0.668. The van der Waals surface area contributed by atoms with E-state index in [0.717, 1.165) is 38.3 Å². The van der Waals surface area contributed by atoms with E-state index in [1.165, 1.54) is 0 Å². The third kappa shape index (κ3) is 2.86. The number of carboxylic acid groups (broad SMARTS) is 1. The van der Waals surface area contributed by atoms with Gasteiger partial charge in [0.2, 0.25) is 5.91 Å². The third-order valence-electron chi connectivity index (χ3n) is 5.68. The van der Waals surface area contributed by atoms with Gasteiger partial charge in [-0.2, -0.15) is 0 Å². The van der Waals surface area contributed by atoms with Crippen molar-refractivity contribution in [2.24, 2.45) is 17.3 Å². The quantitative estimate of drug-likeness (QED) is 0.829. The molecule has 0 unspecified atom stereocenters. The highest BCUT2D eigenvalue weighted by Gasteiger charge is 2.55. The molecule has 6 nitrogen and oxygen atoms in total. The number of hydrogen-bond donors (Lipinski definition) is 1. The first-order valence-corrected chi connectivity index (χ1v) is 8.32. The molecule has 0 radical (unpaired) electrons. The summed E-state index contributed by atoms with van der Waals surface area (Å²) in [6.07, 6.45) is 3.02. The van der Waals surface area contributed by atoms with Crippen molar-refractivity contribution in [2.45, 2.75) is 26.2 Å². The monoisotopic (exact) mass is 310 g/mol. The van der Waals surface area contributed by atoms with Crippen LogP contribution in [0.5, 0.6) is 0 Å². The Labute approximate surface area is 131 Å². The van der Waals surface area contributed by atoms with Crippen LogP contribution in [0.2, 0.25) is 0 Å². The fourth-order valence-electron chi connectivity index (χ4n) is 3.99. The smallest absolute Gasteiger partial charge is 0.314 e. The lowest BCUT2D eigenvalue weighted by Gasteiger charge is -2.34. The maximum Gasteiger partial charge on any atom is 0.314 e. The Morgan fingerprint density at radius 2 is 2.00 bits per heavy atom. The van der Waals surface area contributed by atoms with E-state index in [0.29, 0.717) is 26.2 Å². The topological polar surface area (TPSA) is 70.1 Å². The number of ether oxygens (including phenoxy) is 1. The Morgan fingerprint density at radius 1 is 1.27 bits per heavy atom. The lowest BCUT2D eigenvalue weighted by atomic mass is 9.76. The van der Waals surface area contributed by atoms with Gasteiger partial charge in [0.05, 0.1) is 13.2 Å². The predicted molar refractivity (Wildman–Crippen MR) is 80.4 cm³/mol. The maximum absolute atomic E-state index is 12.6. The molecule has 3 aliphatic heterocycles. The number of carbonyl (C=O) groups is 2. The molecule has 0 aromatic carbocycles. The molecule has 22 heavy (non-hydrogen) atoms. The number of piperidine rings is 1. The second kappa shape index (κ2) is 6.16. The SMILES string of the molecule is CC1CCN(CC(=O)N2C[C@@H]3CCOC[C@]3(C(=O)O)C2)CC1. The number of nitrogens with zero attached hydrogens (tertiary/aromatic N) is 2. The van der Waals surface area contributed by atoms with Gasteiger partial charge in [-0.1, -0.05) is 6.92 Å². The summed E-state index contributed by atoms with van der Waals surface area (Å²) < 4.78 is 5.41. The molecule has 0 aliphatic carbocycles. The molecule has 0 bridgehead atoms. The second-order valence-electron chi connectivity index (χ2n) is 7.23. The van der Waals surface area contributed by atoms with Gasteiger partial charge in [-0.15, -0.1) is 0 Å². The van der Waals surface area contributed by atoms with Crippen LogP contribution in [0.3, 0.4) is 0 Å². The average Bonchev–Trinajstić information content (AvgIpc) is 2.91. The molecule has 0 aromatic rings. The number of hydrogen-bond acceptors (Lipinski definition) is 4. The molecule has 1 amide bonds. The van der Waals surface area contributed by atoms with Gasteiger partial charge in [0.25, 0.3) is 0 Å². The summed E-state index contributed by atoms with van der Waals surface area (Å²) in [6.45, 7) is 6.32. The first kappa shape index (κ1) is 15.7. The van der Waals surface area contributed by atoms with E-state index in [2.05, 4.69) is 11.8 Å². The lowest BCUT2D eigenvalue weighted by molar-refractivity contribution is -0.160. The molecule has 6 heteroatoms. The van der Waals surface area contributed by atoms with Gasteiger partial charge < -0.3 is 14.7 Å². The van der Waals surface area contributed by atoms with Gasteiger partial charge in [0.1, 0.15) is 5.41 Å². The van der Waals surface area contributed by atoms with Crippen LogP contribution in [0, 0.1) is 17.3 Å². The van der Waals surface area contributed by atoms with Crippen molar-refractivity contribution in [3.63, 3.8) is 0 Å². The summed E-state index contributed by atoms with van der Waals surface area (Å²) in [4.78, 5) is 28.2. The Morgan fingerprint density at radius 3 is 2.64 bits per heavy atom. The van der Waals surface area contributed by atoms with Gasteiger partial charge in [0.15, 0.2) is 0 Å². The van der Waals surface area contributed by atoms with E-state index < -0.39 is 11.4 Å². The van der Waals surface area contributed by atoms with Crippen molar-refractivity contribution in [3.05, 3.63) is 0 Å². The molecule has 0 aromatic heterocycles. The lowest BCUT2D eigenvalue weighted by Crippen LogP contribution is -2.47. The molecule has 3 heterocycles. The highest BCUT2D eigenvalue weighted by atomic mass is 16.5. The summed E-state index contributed by atoms with van der Waals surface area (Å²) in [5.74, 6) is 0.0291. The van der Waals surface area contributed by atoms with Crippen LogP contribution >= 0.6 is 0 Å². The van der Waals surface area contributed by atoms with E-state index in [9.17, 15) is 14.7 Å². The molecule has 3 aliphatic rings. The number of rotatable bonds is 3. The van der Waals surface area contributed by atoms with Crippen LogP contribution < -0.4 is 0 Å². The largest absolute Gasteiger partial charge is 0.481 e. The summed E-state index contributed by atoms with van der Waals surface area (Å²) in [6, 6.07) is 0. The zero-order chi connectivity index (χ0) is 15.7. The Balaban J connectivity index is 1.61. The minimum absolute atomic E-state index is 0.0316. The van der Waals surface area contributed by atoms with Gasteiger partial charge in [-0.3, -0.25) is 14.5 Å². The standard InChI is InChI=1S/C16H26N2O4/c1-12-2-5-17(6-3-12)9-14(19)18-8-13-4-7-22-11-16(13,10-18)15(20)21/h12-13H,2-11H2,1H3,(H,20,21)/t13-,16+/m0/s1. The van der Waals surface area contributed by atoms with Crippen LogP contribution in [-0.2, 0) is 14.3 Å². The zero-order valence-corrected chi connectivity index (χ0v) is 13.3. The third-order valence-corrected chi connectivity index (χ3v) is 5.68. The highest BCUT2D eigenvalue weighted by molar-refractivity contribution is 5.82. The summed E-state index contributed by atoms with van der Waals surface area (Å²) in [7, 11) is 0. The van der Waals surface area contributed by atoms with Crippen molar-refractivity contribution in [2.75, 3.05) is 45.9 Å². The molecular formula is C16H26N2O4. The molecule has 124 valence electrons. The van der Waals surface area contributed by atoms with Crippen molar-refractivity contribution >= 4 is 11.9 Å². The van der Waals surface area contributed by atoms with Gasteiger partial charge in [0, 0.05) is 19.7 Å². The molecule has 3 saturated heterocycles. The van der Waals surface area contributed by atoms with E-state index >= 15 is 0 Å². The highest BCUT2D eigenvalue weighted by Crippen LogP contribution is 2.41. The summed E-state index contributed by atoms with van der Waals surface area (Å²) in [5.41, 5.74) is -0.885. The fourth-order valence-corrected chi connectivity index (χ4v) is 3.99. The molecule has 0 spiro atoms. The minimum Gasteiger partial charge on any atom is -0.481 e. The maximum atomic E-state index is 12.6. The minimum atomic E-state index is -0.885. The van der Waals surface area contributed by atoms with Gasteiger partial charge >= 0.3 is 5.97 Å². The first-order valence-electron chi connectivity index (χ1n) is 8.32. The van der Waals surface area contributed by atoms with Crippen LogP contribution in [-0.4, -0.2) is 72.7 Å².